The summed E-state index contributed by atoms with van der Waals surface area (Å²) in [5, 5.41) is 25.5. The summed E-state index contributed by atoms with van der Waals surface area (Å²) in [5.41, 5.74) is 0.317. The van der Waals surface area contributed by atoms with Crippen LogP contribution in [-0.4, -0.2) is 12.4 Å². The largest absolute Gasteiger partial charge is 0.252 e. The van der Waals surface area contributed by atoms with E-state index in [0.29, 0.717) is 0 Å². The highest BCUT2D eigenvalue weighted by molar-refractivity contribution is 5.97. The molecule has 0 atom stereocenters. The standard InChI is InChI=1S/C9H7N5/c1-7(5-11)14-8(3-4-10)9(6-12)13-2/h2-3H2,1H3/b9-8-,14-7+. The summed E-state index contributed by atoms with van der Waals surface area (Å²) in [4.78, 5) is 7.20. The lowest BCUT2D eigenvalue weighted by molar-refractivity contribution is 1.12. The topological polar surface area (TPSA) is 96.1 Å². The van der Waals surface area contributed by atoms with Crippen LogP contribution < -0.4 is 0 Å². The van der Waals surface area contributed by atoms with E-state index in [0.717, 1.165) is 0 Å². The van der Waals surface area contributed by atoms with E-state index < -0.39 is 0 Å². The molecule has 14 heavy (non-hydrogen) atoms. The molecular weight excluding hydrogens is 178 g/mol. The summed E-state index contributed by atoms with van der Waals surface area (Å²) in [7, 11) is 0. The van der Waals surface area contributed by atoms with Crippen molar-refractivity contribution in [1.29, 1.82) is 15.8 Å². The Labute approximate surface area is 81.9 Å². The lowest BCUT2D eigenvalue weighted by atomic mass is 10.2. The fraction of sp³-hybridized carbons (Fsp3) is 0.222. The molecule has 0 aliphatic carbocycles. The lowest BCUT2D eigenvalue weighted by Gasteiger charge is -1.95. The van der Waals surface area contributed by atoms with Crippen molar-refractivity contribution in [2.24, 2.45) is 9.98 Å². The average Bonchev–Trinajstić information content (AvgIpc) is 2.19. The van der Waals surface area contributed by atoms with Crippen molar-refractivity contribution in [3.8, 4) is 18.2 Å². The van der Waals surface area contributed by atoms with Gasteiger partial charge < -0.3 is 0 Å². The molecule has 0 amide bonds. The molecule has 0 aromatic carbocycles. The van der Waals surface area contributed by atoms with Crippen LogP contribution in [0.1, 0.15) is 13.3 Å². The fourth-order valence-corrected chi connectivity index (χ4v) is 0.670. The quantitative estimate of drug-likeness (QED) is 0.489. The first kappa shape index (κ1) is 11.6. The molecule has 0 heterocycles. The van der Waals surface area contributed by atoms with Gasteiger partial charge in [0.1, 0.15) is 17.9 Å². The number of nitrogens with zero attached hydrogens (tertiary/aromatic N) is 5. The van der Waals surface area contributed by atoms with E-state index in [9.17, 15) is 0 Å². The van der Waals surface area contributed by atoms with Gasteiger partial charge in [-0.05, 0) is 13.6 Å². The Morgan fingerprint density at radius 3 is 2.29 bits per heavy atom. The maximum atomic E-state index is 8.61. The van der Waals surface area contributed by atoms with Gasteiger partial charge in [0.05, 0.1) is 18.2 Å². The Morgan fingerprint density at radius 2 is 1.93 bits per heavy atom. The SMILES string of the molecule is C=N/C(C#N)=C(CC#N)\N=C(/C)C#N. The molecule has 0 saturated heterocycles. The number of hydrogen-bond acceptors (Lipinski definition) is 5. The summed E-state index contributed by atoms with van der Waals surface area (Å²) >= 11 is 0. The summed E-state index contributed by atoms with van der Waals surface area (Å²) in [6.07, 6.45) is -0.0685. The van der Waals surface area contributed by atoms with Crippen LogP contribution in [-0.2, 0) is 0 Å². The van der Waals surface area contributed by atoms with Gasteiger partial charge in [-0.2, -0.15) is 15.8 Å². The second-order valence-electron chi connectivity index (χ2n) is 2.21. The van der Waals surface area contributed by atoms with Crippen molar-refractivity contribution in [1.82, 2.24) is 0 Å². The molecule has 0 bridgehead atoms. The normalized spacial score (nSPS) is 11.7. The van der Waals surface area contributed by atoms with Gasteiger partial charge in [-0.25, -0.2) is 4.99 Å². The third-order valence-corrected chi connectivity index (χ3v) is 1.25. The van der Waals surface area contributed by atoms with Gasteiger partial charge in [0.2, 0.25) is 0 Å². The number of hydrogen-bond donors (Lipinski definition) is 0. The zero-order chi connectivity index (χ0) is 11.0. The van der Waals surface area contributed by atoms with Crippen molar-refractivity contribution in [3.05, 3.63) is 11.4 Å². The van der Waals surface area contributed by atoms with E-state index in [2.05, 4.69) is 16.7 Å². The van der Waals surface area contributed by atoms with Gasteiger partial charge in [-0.15, -0.1) is 0 Å². The zero-order valence-electron chi connectivity index (χ0n) is 7.65. The Hall–Kier alpha value is -2.45. The molecule has 0 aromatic heterocycles. The van der Waals surface area contributed by atoms with E-state index in [-0.39, 0.29) is 23.5 Å². The van der Waals surface area contributed by atoms with E-state index in [4.69, 9.17) is 15.8 Å². The van der Waals surface area contributed by atoms with Crippen LogP contribution >= 0.6 is 0 Å². The summed E-state index contributed by atoms with van der Waals surface area (Å²) < 4.78 is 0. The summed E-state index contributed by atoms with van der Waals surface area (Å²) in [5.74, 6) is 0. The Balaban J connectivity index is 5.30. The smallest absolute Gasteiger partial charge is 0.162 e. The molecule has 0 fully saturated rings. The Morgan fingerprint density at radius 1 is 1.29 bits per heavy atom. The number of rotatable bonds is 3. The summed E-state index contributed by atoms with van der Waals surface area (Å²) in [6, 6.07) is 5.37. The third-order valence-electron chi connectivity index (χ3n) is 1.25. The Bertz CT molecular complexity index is 408. The molecule has 0 aliphatic rings. The predicted molar refractivity (Wildman–Crippen MR) is 51.1 cm³/mol. The minimum Gasteiger partial charge on any atom is -0.252 e. The van der Waals surface area contributed by atoms with Crippen molar-refractivity contribution in [3.63, 3.8) is 0 Å². The predicted octanol–water partition coefficient (Wildman–Crippen LogP) is 1.32. The average molecular weight is 185 g/mol. The zero-order valence-corrected chi connectivity index (χ0v) is 7.65. The molecule has 5 nitrogen and oxygen atoms in total. The van der Waals surface area contributed by atoms with E-state index in [1.54, 1.807) is 12.1 Å². The van der Waals surface area contributed by atoms with Gasteiger partial charge in [0.25, 0.3) is 0 Å². The summed E-state index contributed by atoms with van der Waals surface area (Å²) in [6.45, 7) is 4.66. The van der Waals surface area contributed by atoms with E-state index >= 15 is 0 Å². The number of aliphatic imine (C=N–C) groups is 2. The second-order valence-corrected chi connectivity index (χ2v) is 2.21. The monoisotopic (exact) mass is 185 g/mol. The third kappa shape index (κ3) is 3.30. The first-order valence-corrected chi connectivity index (χ1v) is 3.61. The Kier molecular flexibility index (Phi) is 5.04. The maximum absolute atomic E-state index is 8.61. The van der Waals surface area contributed by atoms with Crippen LogP contribution in [0.15, 0.2) is 21.4 Å². The number of nitriles is 3. The van der Waals surface area contributed by atoms with E-state index in [1.165, 1.54) is 6.92 Å². The van der Waals surface area contributed by atoms with Crippen LogP contribution in [0.25, 0.3) is 0 Å². The molecule has 68 valence electrons. The molecule has 0 radical (unpaired) electrons. The van der Waals surface area contributed by atoms with Crippen LogP contribution in [0, 0.1) is 34.0 Å². The molecule has 5 heteroatoms. The molecule has 0 rings (SSSR count). The van der Waals surface area contributed by atoms with Crippen LogP contribution in [0.2, 0.25) is 0 Å². The van der Waals surface area contributed by atoms with Crippen molar-refractivity contribution in [2.75, 3.05) is 0 Å². The van der Waals surface area contributed by atoms with Crippen molar-refractivity contribution >= 4 is 12.4 Å². The van der Waals surface area contributed by atoms with Gasteiger partial charge in [0.15, 0.2) is 5.70 Å². The molecule has 0 unspecified atom stereocenters. The van der Waals surface area contributed by atoms with Crippen LogP contribution in [0.3, 0.4) is 0 Å². The molecule has 0 aliphatic heterocycles. The molecule has 0 spiro atoms. The van der Waals surface area contributed by atoms with Crippen molar-refractivity contribution < 1.29 is 0 Å². The van der Waals surface area contributed by atoms with Crippen LogP contribution in [0.5, 0.6) is 0 Å². The van der Waals surface area contributed by atoms with Gasteiger partial charge in [-0.1, -0.05) is 0 Å². The molecule has 0 N–H and O–H groups in total. The highest BCUT2D eigenvalue weighted by atomic mass is 14.8. The fourth-order valence-electron chi connectivity index (χ4n) is 0.670. The second kappa shape index (κ2) is 6.11. The van der Waals surface area contributed by atoms with Crippen LogP contribution in [0.4, 0.5) is 0 Å². The maximum Gasteiger partial charge on any atom is 0.162 e. The highest BCUT2D eigenvalue weighted by Gasteiger charge is 2.03. The van der Waals surface area contributed by atoms with Gasteiger partial charge in [0, 0.05) is 0 Å². The van der Waals surface area contributed by atoms with Gasteiger partial charge >= 0.3 is 0 Å². The minimum atomic E-state index is -0.0685. The molecule has 0 saturated carbocycles. The lowest BCUT2D eigenvalue weighted by Crippen LogP contribution is -1.90. The van der Waals surface area contributed by atoms with Gasteiger partial charge in [-0.3, -0.25) is 4.99 Å². The minimum absolute atomic E-state index is 0.0267. The number of allylic oxidation sites excluding steroid dienone is 2. The molecular formula is C9H7N5. The first-order valence-electron chi connectivity index (χ1n) is 3.61. The highest BCUT2D eigenvalue weighted by Crippen LogP contribution is 2.10. The first-order chi connectivity index (χ1) is 6.69. The molecule has 0 aromatic rings. The van der Waals surface area contributed by atoms with E-state index in [1.807, 2.05) is 6.07 Å². The van der Waals surface area contributed by atoms with Crippen molar-refractivity contribution in [2.45, 2.75) is 13.3 Å².